The Morgan fingerprint density at radius 2 is 0.889 bits per heavy atom. The molecule has 0 aromatic heterocycles. The third-order valence-electron chi connectivity index (χ3n) is 4.50. The standard InChI is InChI=1S/C27H30O9/c1-15(28)21-13-17(9-11-19(21)24(31)33-35-26(3,4)5)23(30)18-10-12-20(22(14-18)16(2)29)25(32)34-36-27(6,7)8/h9-14H,1-8H3. The highest BCUT2D eigenvalue weighted by Crippen LogP contribution is 2.22. The number of benzene rings is 2. The second kappa shape index (κ2) is 10.9. The smallest absolute Gasteiger partial charge is 0.294 e. The number of Topliss-reactive ketones (excluding diaryl/α,β-unsaturated/α-hetero) is 2. The van der Waals surface area contributed by atoms with E-state index in [1.165, 1.54) is 50.2 Å². The first kappa shape index (κ1) is 28.5. The van der Waals surface area contributed by atoms with E-state index >= 15 is 0 Å². The van der Waals surface area contributed by atoms with Gasteiger partial charge in [0, 0.05) is 22.3 Å². The van der Waals surface area contributed by atoms with E-state index in [1.54, 1.807) is 41.5 Å². The van der Waals surface area contributed by atoms with Gasteiger partial charge in [-0.3, -0.25) is 24.2 Å². The monoisotopic (exact) mass is 498 g/mol. The zero-order valence-electron chi connectivity index (χ0n) is 21.6. The summed E-state index contributed by atoms with van der Waals surface area (Å²) in [4.78, 5) is 82.1. The Kier molecular flexibility index (Phi) is 8.66. The van der Waals surface area contributed by atoms with E-state index in [4.69, 9.17) is 19.6 Å². The predicted molar refractivity (Wildman–Crippen MR) is 129 cm³/mol. The van der Waals surface area contributed by atoms with E-state index in [1.807, 2.05) is 0 Å². The summed E-state index contributed by atoms with van der Waals surface area (Å²) in [7, 11) is 0. The third-order valence-corrected chi connectivity index (χ3v) is 4.50. The SMILES string of the molecule is CC(=O)c1cc(C(=O)c2ccc(C(=O)OOC(C)(C)C)c(C(C)=O)c2)ccc1C(=O)OOC(C)(C)C. The number of rotatable bonds is 8. The Bertz CT molecular complexity index is 1120. The van der Waals surface area contributed by atoms with Crippen LogP contribution in [-0.2, 0) is 19.6 Å². The normalized spacial score (nSPS) is 11.6. The maximum atomic E-state index is 13.2. The lowest BCUT2D eigenvalue weighted by molar-refractivity contribution is -0.301. The van der Waals surface area contributed by atoms with Crippen molar-refractivity contribution in [3.8, 4) is 0 Å². The molecule has 2 aromatic carbocycles. The van der Waals surface area contributed by atoms with E-state index in [9.17, 15) is 24.0 Å². The Morgan fingerprint density at radius 1 is 0.556 bits per heavy atom. The highest BCUT2D eigenvalue weighted by Gasteiger charge is 2.25. The van der Waals surface area contributed by atoms with Gasteiger partial charge in [0.25, 0.3) is 0 Å². The van der Waals surface area contributed by atoms with Crippen LogP contribution in [0.25, 0.3) is 0 Å². The van der Waals surface area contributed by atoms with Crippen molar-refractivity contribution in [1.29, 1.82) is 0 Å². The van der Waals surface area contributed by atoms with Crippen LogP contribution in [0.4, 0.5) is 0 Å². The van der Waals surface area contributed by atoms with Gasteiger partial charge in [0.1, 0.15) is 11.2 Å². The lowest BCUT2D eigenvalue weighted by atomic mass is 9.94. The molecule has 0 N–H and O–H groups in total. The second-order valence-corrected chi connectivity index (χ2v) is 10.1. The van der Waals surface area contributed by atoms with Crippen LogP contribution in [0.15, 0.2) is 36.4 Å². The number of ketones is 3. The van der Waals surface area contributed by atoms with Gasteiger partial charge in [-0.25, -0.2) is 9.59 Å². The highest BCUT2D eigenvalue weighted by molar-refractivity contribution is 6.14. The Hall–Kier alpha value is -3.69. The average Bonchev–Trinajstić information content (AvgIpc) is 2.78. The molecule has 2 rings (SSSR count). The lowest BCUT2D eigenvalue weighted by Gasteiger charge is -2.17. The quantitative estimate of drug-likeness (QED) is 0.278. The molecule has 0 unspecified atom stereocenters. The summed E-state index contributed by atoms with van der Waals surface area (Å²) >= 11 is 0. The van der Waals surface area contributed by atoms with Gasteiger partial charge in [-0.2, -0.15) is 9.78 Å². The highest BCUT2D eigenvalue weighted by atomic mass is 17.2. The van der Waals surface area contributed by atoms with Crippen LogP contribution < -0.4 is 0 Å². The molecule has 2 aromatic rings. The number of hydrogen-bond donors (Lipinski definition) is 0. The number of carbonyl (C=O) groups is 5. The van der Waals surface area contributed by atoms with Crippen molar-refractivity contribution in [2.75, 3.05) is 0 Å². The number of carbonyl (C=O) groups excluding carboxylic acids is 5. The lowest BCUT2D eigenvalue weighted by Crippen LogP contribution is -2.23. The summed E-state index contributed by atoms with van der Waals surface area (Å²) in [6.45, 7) is 12.6. The second-order valence-electron chi connectivity index (χ2n) is 10.1. The summed E-state index contributed by atoms with van der Waals surface area (Å²) in [5.74, 6) is -3.22. The fourth-order valence-corrected chi connectivity index (χ4v) is 2.89. The molecular weight excluding hydrogens is 468 g/mol. The van der Waals surface area contributed by atoms with Crippen LogP contribution >= 0.6 is 0 Å². The molecule has 0 atom stereocenters. The molecule has 0 saturated carbocycles. The molecule has 0 fully saturated rings. The van der Waals surface area contributed by atoms with E-state index < -0.39 is 40.5 Å². The van der Waals surface area contributed by atoms with E-state index in [2.05, 4.69) is 0 Å². The molecule has 9 nitrogen and oxygen atoms in total. The van der Waals surface area contributed by atoms with Gasteiger partial charge in [0.15, 0.2) is 17.3 Å². The van der Waals surface area contributed by atoms with Gasteiger partial charge in [-0.15, -0.1) is 0 Å². The van der Waals surface area contributed by atoms with Crippen LogP contribution in [-0.4, -0.2) is 40.5 Å². The largest absolute Gasteiger partial charge is 0.373 e. The van der Waals surface area contributed by atoms with E-state index in [0.717, 1.165) is 0 Å². The minimum absolute atomic E-state index is 0.0327. The third kappa shape index (κ3) is 7.66. The molecule has 36 heavy (non-hydrogen) atoms. The maximum absolute atomic E-state index is 13.2. The van der Waals surface area contributed by atoms with Crippen molar-refractivity contribution in [2.24, 2.45) is 0 Å². The van der Waals surface area contributed by atoms with Crippen molar-refractivity contribution in [2.45, 2.75) is 66.6 Å². The predicted octanol–water partition coefficient (Wildman–Crippen LogP) is 5.10. The average molecular weight is 499 g/mol. The van der Waals surface area contributed by atoms with Crippen LogP contribution in [0, 0.1) is 0 Å². The zero-order valence-corrected chi connectivity index (χ0v) is 21.6. The van der Waals surface area contributed by atoms with Gasteiger partial charge in [-0.05, 0) is 79.7 Å². The van der Waals surface area contributed by atoms with Crippen molar-refractivity contribution in [1.82, 2.24) is 0 Å². The molecular formula is C27H30O9. The van der Waals surface area contributed by atoms with Gasteiger partial charge >= 0.3 is 11.9 Å². The molecule has 9 heteroatoms. The molecule has 0 aliphatic heterocycles. The number of hydrogen-bond acceptors (Lipinski definition) is 9. The van der Waals surface area contributed by atoms with Crippen molar-refractivity contribution >= 4 is 29.3 Å². The minimum atomic E-state index is -0.881. The summed E-state index contributed by atoms with van der Waals surface area (Å²) in [5, 5.41) is 0. The summed E-state index contributed by atoms with van der Waals surface area (Å²) in [6.07, 6.45) is 0. The molecule has 0 bridgehead atoms. The van der Waals surface area contributed by atoms with Gasteiger partial charge in [0.2, 0.25) is 0 Å². The van der Waals surface area contributed by atoms with Crippen molar-refractivity contribution in [3.63, 3.8) is 0 Å². The molecule has 0 aliphatic carbocycles. The fourth-order valence-electron chi connectivity index (χ4n) is 2.89. The first-order valence-electron chi connectivity index (χ1n) is 11.1. The molecule has 0 saturated heterocycles. The molecule has 0 spiro atoms. The van der Waals surface area contributed by atoms with Crippen molar-refractivity contribution < 1.29 is 43.5 Å². The Morgan fingerprint density at radius 3 is 1.17 bits per heavy atom. The van der Waals surface area contributed by atoms with Gasteiger partial charge in [0.05, 0.1) is 11.1 Å². The molecule has 0 aliphatic rings. The topological polar surface area (TPSA) is 122 Å². The summed E-state index contributed by atoms with van der Waals surface area (Å²) < 4.78 is 0. The molecule has 0 heterocycles. The van der Waals surface area contributed by atoms with Crippen LogP contribution in [0.5, 0.6) is 0 Å². The van der Waals surface area contributed by atoms with Gasteiger partial charge < -0.3 is 0 Å². The van der Waals surface area contributed by atoms with E-state index in [-0.39, 0.29) is 33.4 Å². The summed E-state index contributed by atoms with van der Waals surface area (Å²) in [5.41, 5.74) is -1.52. The summed E-state index contributed by atoms with van der Waals surface area (Å²) in [6, 6.07) is 7.83. The maximum Gasteiger partial charge on any atom is 0.373 e. The first-order chi connectivity index (χ1) is 16.5. The Labute approximate surface area is 209 Å². The van der Waals surface area contributed by atoms with Crippen LogP contribution in [0.1, 0.15) is 113 Å². The van der Waals surface area contributed by atoms with Crippen molar-refractivity contribution in [3.05, 3.63) is 69.8 Å². The zero-order chi connectivity index (χ0) is 27.4. The van der Waals surface area contributed by atoms with Crippen LogP contribution in [0.3, 0.4) is 0 Å². The van der Waals surface area contributed by atoms with Gasteiger partial charge in [-0.1, -0.05) is 12.1 Å². The molecule has 0 amide bonds. The van der Waals surface area contributed by atoms with Crippen LogP contribution in [0.2, 0.25) is 0 Å². The minimum Gasteiger partial charge on any atom is -0.294 e. The fraction of sp³-hybridized carbons (Fsp3) is 0.370. The van der Waals surface area contributed by atoms with E-state index in [0.29, 0.717) is 0 Å². The Balaban J connectivity index is 2.40. The molecule has 192 valence electrons. The first-order valence-corrected chi connectivity index (χ1v) is 11.1. The molecule has 0 radical (unpaired) electrons.